The predicted molar refractivity (Wildman–Crippen MR) is 89.8 cm³/mol. The van der Waals surface area contributed by atoms with Crippen molar-refractivity contribution in [2.75, 3.05) is 0 Å². The Bertz CT molecular complexity index is 893. The smallest absolute Gasteiger partial charge is 0.122 e. The molecule has 0 fully saturated rings. The van der Waals surface area contributed by atoms with Gasteiger partial charge < -0.3 is 5.11 Å². The summed E-state index contributed by atoms with van der Waals surface area (Å²) in [5, 5.41) is 15.3. The molecule has 0 aliphatic carbocycles. The van der Waals surface area contributed by atoms with E-state index in [1.54, 1.807) is 6.20 Å². The molecule has 4 aromatic rings. The van der Waals surface area contributed by atoms with Crippen molar-refractivity contribution >= 4 is 21.5 Å². The quantitative estimate of drug-likeness (QED) is 0.551. The number of aliphatic hydroxyl groups is 1. The number of aromatic nitrogens is 1. The Morgan fingerprint density at radius 3 is 1.91 bits per heavy atom. The highest BCUT2D eigenvalue weighted by molar-refractivity contribution is 6.02. The third-order valence-electron chi connectivity index (χ3n) is 4.05. The summed E-state index contributed by atoms with van der Waals surface area (Å²) >= 11 is 0. The lowest BCUT2D eigenvalue weighted by Crippen LogP contribution is -2.03. The molecule has 2 heteroatoms. The van der Waals surface area contributed by atoms with Crippen LogP contribution in [0.4, 0.5) is 0 Å². The van der Waals surface area contributed by atoms with Gasteiger partial charge in [0.05, 0.1) is 5.69 Å². The van der Waals surface area contributed by atoms with Crippen LogP contribution in [0.25, 0.3) is 21.5 Å². The molecule has 1 N–H and O–H groups in total. The fourth-order valence-corrected chi connectivity index (χ4v) is 3.03. The summed E-state index contributed by atoms with van der Waals surface area (Å²) in [6.07, 6.45) is 0.975. The minimum Gasteiger partial charge on any atom is -0.382 e. The molecular formula is C20H15NO. The van der Waals surface area contributed by atoms with E-state index in [-0.39, 0.29) is 0 Å². The average Bonchev–Trinajstić information content (AvgIpc) is 2.60. The summed E-state index contributed by atoms with van der Waals surface area (Å²) in [6.45, 7) is 0. The fourth-order valence-electron chi connectivity index (χ4n) is 3.03. The van der Waals surface area contributed by atoms with Crippen LogP contribution in [0.1, 0.15) is 17.4 Å². The summed E-state index contributed by atoms with van der Waals surface area (Å²) in [4.78, 5) is 4.32. The first kappa shape index (κ1) is 13.0. The van der Waals surface area contributed by atoms with Gasteiger partial charge >= 0.3 is 0 Å². The monoisotopic (exact) mass is 285 g/mol. The van der Waals surface area contributed by atoms with Crippen molar-refractivity contribution in [3.05, 3.63) is 90.3 Å². The maximum Gasteiger partial charge on any atom is 0.122 e. The Morgan fingerprint density at radius 1 is 0.727 bits per heavy atom. The molecule has 0 aliphatic rings. The lowest BCUT2D eigenvalue weighted by molar-refractivity contribution is 0.218. The van der Waals surface area contributed by atoms with Crippen LogP contribution >= 0.6 is 0 Å². The van der Waals surface area contributed by atoms with Crippen molar-refractivity contribution in [1.29, 1.82) is 0 Å². The van der Waals surface area contributed by atoms with Gasteiger partial charge in [-0.3, -0.25) is 4.98 Å². The van der Waals surface area contributed by atoms with E-state index in [2.05, 4.69) is 35.3 Å². The fraction of sp³-hybridized carbons (Fsp3) is 0.0500. The molecule has 0 amide bonds. The van der Waals surface area contributed by atoms with E-state index in [1.807, 2.05) is 42.5 Å². The molecule has 0 saturated heterocycles. The summed E-state index contributed by atoms with van der Waals surface area (Å²) < 4.78 is 0. The highest BCUT2D eigenvalue weighted by atomic mass is 16.3. The molecular weight excluding hydrogens is 270 g/mol. The normalized spacial score (nSPS) is 12.6. The predicted octanol–water partition coefficient (Wildman–Crippen LogP) is 4.47. The Hall–Kier alpha value is -2.71. The van der Waals surface area contributed by atoms with E-state index in [0.717, 1.165) is 27.1 Å². The van der Waals surface area contributed by atoms with Gasteiger partial charge in [-0.15, -0.1) is 0 Å². The average molecular weight is 285 g/mol. The van der Waals surface area contributed by atoms with Gasteiger partial charge in [0, 0.05) is 11.8 Å². The number of benzene rings is 3. The number of rotatable bonds is 2. The van der Waals surface area contributed by atoms with Crippen LogP contribution in [0.3, 0.4) is 0 Å². The highest BCUT2D eigenvalue weighted by Crippen LogP contribution is 2.34. The number of pyridine rings is 1. The van der Waals surface area contributed by atoms with Crippen molar-refractivity contribution in [1.82, 2.24) is 4.98 Å². The van der Waals surface area contributed by atoms with Gasteiger partial charge in [0.1, 0.15) is 6.10 Å². The molecule has 0 saturated carbocycles. The van der Waals surface area contributed by atoms with Crippen LogP contribution in [0.5, 0.6) is 0 Å². The molecule has 1 heterocycles. The van der Waals surface area contributed by atoms with Crippen molar-refractivity contribution in [3.8, 4) is 0 Å². The molecule has 4 rings (SSSR count). The third kappa shape index (κ3) is 2.05. The van der Waals surface area contributed by atoms with Crippen LogP contribution in [0.2, 0.25) is 0 Å². The largest absolute Gasteiger partial charge is 0.382 e. The second-order valence-corrected chi connectivity index (χ2v) is 5.39. The zero-order valence-electron chi connectivity index (χ0n) is 12.0. The first-order valence-electron chi connectivity index (χ1n) is 7.34. The molecule has 1 aromatic heterocycles. The first-order chi connectivity index (χ1) is 10.8. The molecule has 0 bridgehead atoms. The Morgan fingerprint density at radius 2 is 1.32 bits per heavy atom. The van der Waals surface area contributed by atoms with Crippen LogP contribution in [0.15, 0.2) is 79.0 Å². The SMILES string of the molecule is OC(c1ccccn1)c1c2ccccc2cc2ccccc12. The molecule has 1 atom stereocenters. The minimum atomic E-state index is -0.739. The van der Waals surface area contributed by atoms with Gasteiger partial charge in [0.15, 0.2) is 0 Å². The second-order valence-electron chi connectivity index (χ2n) is 5.39. The maximum atomic E-state index is 10.9. The van der Waals surface area contributed by atoms with Crippen LogP contribution in [-0.2, 0) is 0 Å². The van der Waals surface area contributed by atoms with Gasteiger partial charge in [0.25, 0.3) is 0 Å². The van der Waals surface area contributed by atoms with Gasteiger partial charge in [-0.05, 0) is 39.7 Å². The summed E-state index contributed by atoms with van der Waals surface area (Å²) in [5.41, 5.74) is 1.59. The lowest BCUT2D eigenvalue weighted by atomic mass is 9.92. The molecule has 2 nitrogen and oxygen atoms in total. The number of fused-ring (bicyclic) bond motifs is 2. The topological polar surface area (TPSA) is 33.1 Å². The molecule has 0 spiro atoms. The van der Waals surface area contributed by atoms with Crippen LogP contribution in [-0.4, -0.2) is 10.1 Å². The summed E-state index contributed by atoms with van der Waals surface area (Å²) in [5.74, 6) is 0. The highest BCUT2D eigenvalue weighted by Gasteiger charge is 2.17. The van der Waals surface area contributed by atoms with E-state index in [9.17, 15) is 5.11 Å². The van der Waals surface area contributed by atoms with Crippen LogP contribution in [0, 0.1) is 0 Å². The van der Waals surface area contributed by atoms with Gasteiger partial charge in [-0.2, -0.15) is 0 Å². The Labute approximate surface area is 128 Å². The maximum absolute atomic E-state index is 10.9. The standard InChI is InChI=1S/C20H15NO/c22-20(18-11-5-6-12-21-18)19-16-9-3-1-7-14(16)13-15-8-2-4-10-17(15)19/h1-13,20,22H. The molecule has 0 aliphatic heterocycles. The Balaban J connectivity index is 2.08. The van der Waals surface area contributed by atoms with Gasteiger partial charge in [-0.25, -0.2) is 0 Å². The van der Waals surface area contributed by atoms with E-state index >= 15 is 0 Å². The molecule has 1 unspecified atom stereocenters. The van der Waals surface area contributed by atoms with E-state index in [1.165, 1.54) is 0 Å². The molecule has 0 radical (unpaired) electrons. The molecule has 3 aromatic carbocycles. The zero-order chi connectivity index (χ0) is 14.9. The summed E-state index contributed by atoms with van der Waals surface area (Å²) in [6, 6.07) is 24.1. The van der Waals surface area contributed by atoms with E-state index < -0.39 is 6.10 Å². The molecule has 22 heavy (non-hydrogen) atoms. The van der Waals surface area contributed by atoms with Crippen LogP contribution < -0.4 is 0 Å². The second kappa shape index (κ2) is 5.24. The number of nitrogens with zero attached hydrogens (tertiary/aromatic N) is 1. The van der Waals surface area contributed by atoms with Crippen molar-refractivity contribution in [2.24, 2.45) is 0 Å². The van der Waals surface area contributed by atoms with Gasteiger partial charge in [-0.1, -0.05) is 54.6 Å². The van der Waals surface area contributed by atoms with Crippen molar-refractivity contribution < 1.29 is 5.11 Å². The number of hydrogen-bond donors (Lipinski definition) is 1. The minimum absolute atomic E-state index is 0.670. The number of aliphatic hydroxyl groups excluding tert-OH is 1. The lowest BCUT2D eigenvalue weighted by Gasteiger charge is -2.16. The third-order valence-corrected chi connectivity index (χ3v) is 4.05. The number of hydrogen-bond acceptors (Lipinski definition) is 2. The summed E-state index contributed by atoms with van der Waals surface area (Å²) in [7, 11) is 0. The molecule has 106 valence electrons. The van der Waals surface area contributed by atoms with Crippen molar-refractivity contribution in [2.45, 2.75) is 6.10 Å². The van der Waals surface area contributed by atoms with Crippen molar-refractivity contribution in [3.63, 3.8) is 0 Å². The van der Waals surface area contributed by atoms with Gasteiger partial charge in [0.2, 0.25) is 0 Å². The Kier molecular flexibility index (Phi) is 3.10. The first-order valence-corrected chi connectivity index (χ1v) is 7.34. The van der Waals surface area contributed by atoms with E-state index in [0.29, 0.717) is 5.69 Å². The zero-order valence-corrected chi connectivity index (χ0v) is 12.0. The van der Waals surface area contributed by atoms with E-state index in [4.69, 9.17) is 0 Å².